The summed E-state index contributed by atoms with van der Waals surface area (Å²) in [4.78, 5) is 13.0. The summed E-state index contributed by atoms with van der Waals surface area (Å²) in [5, 5.41) is 0. The zero-order chi connectivity index (χ0) is 12.4. The Labute approximate surface area is 110 Å². The third-order valence-electron chi connectivity index (χ3n) is 3.20. The van der Waals surface area contributed by atoms with Gasteiger partial charge in [-0.15, -0.1) is 0 Å². The van der Waals surface area contributed by atoms with Gasteiger partial charge in [0.15, 0.2) is 0 Å². The third kappa shape index (κ3) is 3.07. The van der Waals surface area contributed by atoms with Crippen molar-refractivity contribution in [3.8, 4) is 0 Å². The number of halogens is 1. The Kier molecular flexibility index (Phi) is 3.83. The van der Waals surface area contributed by atoms with Crippen LogP contribution in [0.3, 0.4) is 0 Å². The number of aromatic nitrogens is 2. The molecule has 1 aromatic rings. The molecule has 0 amide bonds. The number of anilines is 2. The Morgan fingerprint density at radius 3 is 2.94 bits per heavy atom. The number of likely N-dealkylation sites (N-methyl/N-ethyl adjacent to an activating group) is 2. The van der Waals surface area contributed by atoms with E-state index in [0.717, 1.165) is 11.1 Å². The summed E-state index contributed by atoms with van der Waals surface area (Å²) in [5.74, 6) is 1.17. The second-order valence-corrected chi connectivity index (χ2v) is 5.39. The normalized spacial score (nSPS) is 20.8. The van der Waals surface area contributed by atoms with Gasteiger partial charge in [-0.2, -0.15) is 4.98 Å². The molecule has 0 aliphatic carbocycles. The summed E-state index contributed by atoms with van der Waals surface area (Å²) in [7, 11) is 4.18. The topological polar surface area (TPSA) is 58.3 Å². The summed E-state index contributed by atoms with van der Waals surface area (Å²) in [6.07, 6.45) is 2.51. The number of nitrogen functional groups attached to an aromatic ring is 1. The highest BCUT2D eigenvalue weighted by Crippen LogP contribution is 2.19. The summed E-state index contributed by atoms with van der Waals surface area (Å²) in [5.41, 5.74) is 5.71. The molecule has 0 saturated carbocycles. The van der Waals surface area contributed by atoms with Gasteiger partial charge in [-0.1, -0.05) is 0 Å². The molecule has 1 aliphatic heterocycles. The highest BCUT2D eigenvalue weighted by atomic mass is 79.9. The van der Waals surface area contributed by atoms with Gasteiger partial charge in [-0.25, -0.2) is 4.98 Å². The van der Waals surface area contributed by atoms with Gasteiger partial charge in [-0.05, 0) is 42.4 Å². The van der Waals surface area contributed by atoms with Crippen LogP contribution in [0.15, 0.2) is 10.7 Å². The minimum Gasteiger partial charge on any atom is -0.383 e. The van der Waals surface area contributed by atoms with E-state index in [1.54, 1.807) is 6.07 Å². The highest BCUT2D eigenvalue weighted by molar-refractivity contribution is 9.10. The lowest BCUT2D eigenvalue weighted by molar-refractivity contribution is 0.313. The molecule has 1 saturated heterocycles. The number of nitrogens with two attached hydrogens (primary N) is 1. The number of nitrogens with zero attached hydrogens (tertiary/aromatic N) is 4. The van der Waals surface area contributed by atoms with E-state index in [-0.39, 0.29) is 0 Å². The predicted octanol–water partition coefficient (Wildman–Crippen LogP) is 1.35. The van der Waals surface area contributed by atoms with Gasteiger partial charge in [0.1, 0.15) is 10.4 Å². The van der Waals surface area contributed by atoms with Crippen LogP contribution >= 0.6 is 15.9 Å². The summed E-state index contributed by atoms with van der Waals surface area (Å²) in [6, 6.07) is 2.29. The Hall–Kier alpha value is -0.880. The molecule has 0 spiro atoms. The van der Waals surface area contributed by atoms with Crippen LogP contribution in [0.1, 0.15) is 12.8 Å². The van der Waals surface area contributed by atoms with Gasteiger partial charge in [0.2, 0.25) is 5.95 Å². The van der Waals surface area contributed by atoms with E-state index < -0.39 is 0 Å². The Balaban J connectivity index is 2.06. The SMILES string of the molecule is CN(CC1CCCN1C)c1nc(N)cc(Br)n1. The number of likely N-dealkylation sites (tertiary alicyclic amines) is 1. The smallest absolute Gasteiger partial charge is 0.228 e. The molecule has 1 fully saturated rings. The van der Waals surface area contributed by atoms with Crippen LogP contribution in [0.4, 0.5) is 11.8 Å². The molecule has 1 unspecified atom stereocenters. The molecule has 2 N–H and O–H groups in total. The zero-order valence-corrected chi connectivity index (χ0v) is 11.8. The maximum absolute atomic E-state index is 5.71. The summed E-state index contributed by atoms with van der Waals surface area (Å²) < 4.78 is 0.728. The molecule has 0 radical (unpaired) electrons. The molecular formula is C11H18BrN5. The fourth-order valence-electron chi connectivity index (χ4n) is 2.20. The minimum absolute atomic E-state index is 0.494. The lowest BCUT2D eigenvalue weighted by Gasteiger charge is -2.25. The van der Waals surface area contributed by atoms with E-state index in [4.69, 9.17) is 5.73 Å². The average molecular weight is 300 g/mol. The van der Waals surface area contributed by atoms with Crippen LogP contribution in [0.5, 0.6) is 0 Å². The van der Waals surface area contributed by atoms with E-state index in [2.05, 4.69) is 42.7 Å². The van der Waals surface area contributed by atoms with Crippen LogP contribution in [0, 0.1) is 0 Å². The van der Waals surface area contributed by atoms with Gasteiger partial charge in [0.25, 0.3) is 0 Å². The van der Waals surface area contributed by atoms with Crippen LogP contribution in [0.2, 0.25) is 0 Å². The first-order chi connectivity index (χ1) is 8.06. The second kappa shape index (κ2) is 5.18. The molecule has 6 heteroatoms. The van der Waals surface area contributed by atoms with Crippen molar-refractivity contribution in [3.05, 3.63) is 10.7 Å². The first-order valence-corrected chi connectivity index (χ1v) is 6.57. The van der Waals surface area contributed by atoms with E-state index in [1.807, 2.05) is 7.05 Å². The van der Waals surface area contributed by atoms with Crippen LogP contribution in [-0.2, 0) is 0 Å². The van der Waals surface area contributed by atoms with Crippen molar-refractivity contribution in [2.24, 2.45) is 0 Å². The van der Waals surface area contributed by atoms with Gasteiger partial charge >= 0.3 is 0 Å². The van der Waals surface area contributed by atoms with Crippen molar-refractivity contribution in [2.75, 3.05) is 37.8 Å². The molecule has 94 valence electrons. The maximum atomic E-state index is 5.71. The Morgan fingerprint density at radius 2 is 2.35 bits per heavy atom. The maximum Gasteiger partial charge on any atom is 0.228 e. The minimum atomic E-state index is 0.494. The number of rotatable bonds is 3. The number of hydrogen-bond acceptors (Lipinski definition) is 5. The fourth-order valence-corrected chi connectivity index (χ4v) is 2.59. The fraction of sp³-hybridized carbons (Fsp3) is 0.636. The van der Waals surface area contributed by atoms with E-state index in [1.165, 1.54) is 19.4 Å². The lowest BCUT2D eigenvalue weighted by atomic mass is 10.2. The molecular weight excluding hydrogens is 282 g/mol. The van der Waals surface area contributed by atoms with Gasteiger partial charge < -0.3 is 15.5 Å². The largest absolute Gasteiger partial charge is 0.383 e. The number of hydrogen-bond donors (Lipinski definition) is 1. The predicted molar refractivity (Wildman–Crippen MR) is 73.1 cm³/mol. The standard InChI is InChI=1S/C11H18BrN5/c1-16-5-3-4-8(16)7-17(2)11-14-9(12)6-10(13)15-11/h6,8H,3-5,7H2,1-2H3,(H2,13,14,15). The summed E-state index contributed by atoms with van der Waals surface area (Å²) in [6.45, 7) is 2.12. The highest BCUT2D eigenvalue weighted by Gasteiger charge is 2.23. The van der Waals surface area contributed by atoms with E-state index in [0.29, 0.717) is 17.8 Å². The molecule has 17 heavy (non-hydrogen) atoms. The van der Waals surface area contributed by atoms with Crippen molar-refractivity contribution in [2.45, 2.75) is 18.9 Å². The lowest BCUT2D eigenvalue weighted by Crippen LogP contribution is -2.37. The van der Waals surface area contributed by atoms with Crippen LogP contribution < -0.4 is 10.6 Å². The Bertz CT molecular complexity index is 377. The molecule has 2 rings (SSSR count). The van der Waals surface area contributed by atoms with Gasteiger partial charge in [0, 0.05) is 25.7 Å². The van der Waals surface area contributed by atoms with Crippen LogP contribution in [0.25, 0.3) is 0 Å². The van der Waals surface area contributed by atoms with Crippen molar-refractivity contribution in [3.63, 3.8) is 0 Å². The molecule has 1 aromatic heterocycles. The second-order valence-electron chi connectivity index (χ2n) is 4.57. The quantitative estimate of drug-likeness (QED) is 0.854. The average Bonchev–Trinajstić information content (AvgIpc) is 2.63. The third-order valence-corrected chi connectivity index (χ3v) is 3.61. The van der Waals surface area contributed by atoms with Crippen molar-refractivity contribution in [1.29, 1.82) is 0 Å². The van der Waals surface area contributed by atoms with Crippen molar-refractivity contribution >= 4 is 27.7 Å². The van der Waals surface area contributed by atoms with Crippen LogP contribution in [-0.4, -0.2) is 48.1 Å². The molecule has 2 heterocycles. The zero-order valence-electron chi connectivity index (χ0n) is 10.2. The molecule has 1 atom stereocenters. The molecule has 1 aliphatic rings. The van der Waals surface area contributed by atoms with Gasteiger partial charge in [-0.3, -0.25) is 0 Å². The van der Waals surface area contributed by atoms with E-state index in [9.17, 15) is 0 Å². The first kappa shape index (κ1) is 12.6. The molecule has 5 nitrogen and oxygen atoms in total. The van der Waals surface area contributed by atoms with Crippen molar-refractivity contribution < 1.29 is 0 Å². The van der Waals surface area contributed by atoms with Crippen molar-refractivity contribution in [1.82, 2.24) is 14.9 Å². The first-order valence-electron chi connectivity index (χ1n) is 5.77. The Morgan fingerprint density at radius 1 is 1.59 bits per heavy atom. The van der Waals surface area contributed by atoms with Gasteiger partial charge in [0.05, 0.1) is 0 Å². The van der Waals surface area contributed by atoms with E-state index >= 15 is 0 Å². The monoisotopic (exact) mass is 299 g/mol. The molecule has 0 aromatic carbocycles. The molecule has 0 bridgehead atoms. The summed E-state index contributed by atoms with van der Waals surface area (Å²) >= 11 is 3.34.